The molecular weight excluding hydrogens is 312 g/mol. The summed E-state index contributed by atoms with van der Waals surface area (Å²) in [5.74, 6) is -0.461. The van der Waals surface area contributed by atoms with Gasteiger partial charge in [-0.1, -0.05) is 60.2 Å². The highest BCUT2D eigenvalue weighted by Gasteiger charge is 2.37. The Balaban J connectivity index is 1.98. The van der Waals surface area contributed by atoms with E-state index in [-0.39, 0.29) is 11.8 Å². The smallest absolute Gasteiger partial charge is 0.237 e. The molecule has 0 aliphatic rings. The average Bonchev–Trinajstić information content (AvgIpc) is 2.59. The van der Waals surface area contributed by atoms with E-state index in [9.17, 15) is 9.59 Å². The average molecular weight is 338 g/mol. The van der Waals surface area contributed by atoms with E-state index in [1.807, 2.05) is 61.5 Å². The van der Waals surface area contributed by atoms with Crippen LogP contribution in [0.2, 0.25) is 0 Å². The standard InChI is InChI=1S/C21H26N2O2/c1-16-9-8-12-18(13-16)14-22-19(24)21(2,3)20(25)23(4)15-17-10-6-5-7-11-17/h5-13H,14-15H2,1-4H3,(H,22,24). The topological polar surface area (TPSA) is 49.4 Å². The van der Waals surface area contributed by atoms with Crippen molar-refractivity contribution in [2.75, 3.05) is 7.05 Å². The van der Waals surface area contributed by atoms with Gasteiger partial charge in [0, 0.05) is 20.1 Å². The number of amides is 2. The van der Waals surface area contributed by atoms with Gasteiger partial charge in [-0.15, -0.1) is 0 Å². The molecule has 0 bridgehead atoms. The first-order valence-corrected chi connectivity index (χ1v) is 8.44. The van der Waals surface area contributed by atoms with Crippen molar-refractivity contribution >= 4 is 11.8 Å². The summed E-state index contributed by atoms with van der Waals surface area (Å²) in [4.78, 5) is 26.9. The van der Waals surface area contributed by atoms with Gasteiger partial charge in [0.15, 0.2) is 0 Å². The van der Waals surface area contributed by atoms with Crippen LogP contribution in [0.4, 0.5) is 0 Å². The lowest BCUT2D eigenvalue weighted by Gasteiger charge is -2.28. The summed E-state index contributed by atoms with van der Waals surface area (Å²) in [6.45, 7) is 6.25. The monoisotopic (exact) mass is 338 g/mol. The summed E-state index contributed by atoms with van der Waals surface area (Å²) < 4.78 is 0. The van der Waals surface area contributed by atoms with Crippen molar-refractivity contribution in [1.82, 2.24) is 10.2 Å². The number of aryl methyl sites for hydroxylation is 1. The van der Waals surface area contributed by atoms with E-state index >= 15 is 0 Å². The van der Waals surface area contributed by atoms with Crippen molar-refractivity contribution < 1.29 is 9.59 Å². The summed E-state index contributed by atoms with van der Waals surface area (Å²) in [5, 5.41) is 2.88. The fourth-order valence-electron chi connectivity index (χ4n) is 2.73. The molecule has 0 fully saturated rings. The minimum Gasteiger partial charge on any atom is -0.351 e. The quantitative estimate of drug-likeness (QED) is 0.822. The number of carbonyl (C=O) groups excluding carboxylic acids is 2. The van der Waals surface area contributed by atoms with Gasteiger partial charge in [-0.2, -0.15) is 0 Å². The Kier molecular flexibility index (Phi) is 5.97. The van der Waals surface area contributed by atoms with E-state index in [2.05, 4.69) is 5.32 Å². The van der Waals surface area contributed by atoms with Crippen LogP contribution in [-0.2, 0) is 22.7 Å². The van der Waals surface area contributed by atoms with Gasteiger partial charge in [-0.05, 0) is 31.9 Å². The SMILES string of the molecule is Cc1cccc(CNC(=O)C(C)(C)C(=O)N(C)Cc2ccccc2)c1. The van der Waals surface area contributed by atoms with E-state index in [0.717, 1.165) is 16.7 Å². The van der Waals surface area contributed by atoms with Crippen molar-refractivity contribution in [3.63, 3.8) is 0 Å². The third-order valence-corrected chi connectivity index (χ3v) is 4.25. The van der Waals surface area contributed by atoms with Crippen molar-refractivity contribution in [3.8, 4) is 0 Å². The van der Waals surface area contributed by atoms with Gasteiger partial charge in [-0.3, -0.25) is 9.59 Å². The largest absolute Gasteiger partial charge is 0.351 e. The zero-order chi connectivity index (χ0) is 18.4. The molecule has 0 saturated heterocycles. The summed E-state index contributed by atoms with van der Waals surface area (Å²) in [6, 6.07) is 17.7. The van der Waals surface area contributed by atoms with Crippen LogP contribution in [0.1, 0.15) is 30.5 Å². The number of carbonyl (C=O) groups is 2. The second kappa shape index (κ2) is 7.97. The first kappa shape index (κ1) is 18.7. The lowest BCUT2D eigenvalue weighted by atomic mass is 9.90. The molecule has 2 amide bonds. The van der Waals surface area contributed by atoms with Crippen molar-refractivity contribution in [1.29, 1.82) is 0 Å². The minimum atomic E-state index is -1.12. The van der Waals surface area contributed by atoms with Gasteiger partial charge in [0.1, 0.15) is 5.41 Å². The van der Waals surface area contributed by atoms with Gasteiger partial charge < -0.3 is 10.2 Å². The lowest BCUT2D eigenvalue weighted by Crippen LogP contribution is -2.48. The lowest BCUT2D eigenvalue weighted by molar-refractivity contribution is -0.148. The molecule has 0 unspecified atom stereocenters. The molecule has 0 saturated carbocycles. The molecule has 2 rings (SSSR count). The van der Waals surface area contributed by atoms with Gasteiger partial charge >= 0.3 is 0 Å². The molecule has 1 N–H and O–H groups in total. The normalized spacial score (nSPS) is 11.0. The molecule has 4 heteroatoms. The summed E-state index contributed by atoms with van der Waals surface area (Å²) in [5.41, 5.74) is 2.08. The van der Waals surface area contributed by atoms with Crippen molar-refractivity contribution in [2.24, 2.45) is 5.41 Å². The van der Waals surface area contributed by atoms with Crippen molar-refractivity contribution in [2.45, 2.75) is 33.9 Å². The highest BCUT2D eigenvalue weighted by molar-refractivity contribution is 6.04. The Bertz CT molecular complexity index is 739. The van der Waals surface area contributed by atoms with E-state index in [0.29, 0.717) is 13.1 Å². The Morgan fingerprint density at radius 3 is 2.28 bits per heavy atom. The molecule has 0 aliphatic heterocycles. The number of hydrogen-bond donors (Lipinski definition) is 1. The molecule has 2 aromatic rings. The van der Waals surface area contributed by atoms with Crippen molar-refractivity contribution in [3.05, 3.63) is 71.3 Å². The first-order chi connectivity index (χ1) is 11.8. The zero-order valence-corrected chi connectivity index (χ0v) is 15.4. The molecule has 0 spiro atoms. The fourth-order valence-corrected chi connectivity index (χ4v) is 2.73. The van der Waals surface area contributed by atoms with Gasteiger partial charge in [-0.25, -0.2) is 0 Å². The maximum absolute atomic E-state index is 12.7. The Morgan fingerprint density at radius 1 is 1.00 bits per heavy atom. The van der Waals surface area contributed by atoms with E-state index in [4.69, 9.17) is 0 Å². The van der Waals surface area contributed by atoms with Gasteiger partial charge in [0.05, 0.1) is 0 Å². The summed E-state index contributed by atoms with van der Waals surface area (Å²) in [6.07, 6.45) is 0. The molecule has 132 valence electrons. The number of hydrogen-bond acceptors (Lipinski definition) is 2. The molecule has 0 radical (unpaired) electrons. The van der Waals surface area contributed by atoms with Gasteiger partial charge in [0.25, 0.3) is 0 Å². The van der Waals surface area contributed by atoms with Crippen LogP contribution in [0, 0.1) is 12.3 Å². The molecule has 4 nitrogen and oxygen atoms in total. The van der Waals surface area contributed by atoms with Crippen LogP contribution in [0.15, 0.2) is 54.6 Å². The number of nitrogens with one attached hydrogen (secondary N) is 1. The summed E-state index contributed by atoms with van der Waals surface area (Å²) >= 11 is 0. The highest BCUT2D eigenvalue weighted by Crippen LogP contribution is 2.20. The second-order valence-corrected chi connectivity index (χ2v) is 6.94. The van der Waals surface area contributed by atoms with Crippen LogP contribution >= 0.6 is 0 Å². The van der Waals surface area contributed by atoms with Crippen LogP contribution in [0.5, 0.6) is 0 Å². The van der Waals surface area contributed by atoms with Crippen LogP contribution < -0.4 is 5.32 Å². The second-order valence-electron chi connectivity index (χ2n) is 6.94. The maximum Gasteiger partial charge on any atom is 0.237 e. The first-order valence-electron chi connectivity index (χ1n) is 8.44. The third-order valence-electron chi connectivity index (χ3n) is 4.25. The number of rotatable bonds is 6. The molecule has 0 heterocycles. The summed E-state index contributed by atoms with van der Waals surface area (Å²) in [7, 11) is 1.73. The fraction of sp³-hybridized carbons (Fsp3) is 0.333. The predicted octanol–water partition coefficient (Wildman–Crippen LogP) is 3.30. The van der Waals surface area contributed by atoms with Crippen LogP contribution in [0.3, 0.4) is 0 Å². The van der Waals surface area contributed by atoms with Gasteiger partial charge in [0.2, 0.25) is 11.8 Å². The molecule has 2 aromatic carbocycles. The Morgan fingerprint density at radius 2 is 1.64 bits per heavy atom. The van der Waals surface area contributed by atoms with E-state index in [1.54, 1.807) is 25.8 Å². The number of nitrogens with zero attached hydrogens (tertiary/aromatic N) is 1. The van der Waals surface area contributed by atoms with Crippen LogP contribution in [-0.4, -0.2) is 23.8 Å². The third kappa shape index (κ3) is 4.92. The molecule has 0 aromatic heterocycles. The number of benzene rings is 2. The van der Waals surface area contributed by atoms with E-state index < -0.39 is 5.41 Å². The maximum atomic E-state index is 12.7. The van der Waals surface area contributed by atoms with Crippen LogP contribution in [0.25, 0.3) is 0 Å². The Labute approximate surface area is 149 Å². The Hall–Kier alpha value is -2.62. The minimum absolute atomic E-state index is 0.196. The zero-order valence-electron chi connectivity index (χ0n) is 15.4. The van der Waals surface area contributed by atoms with E-state index in [1.165, 1.54) is 0 Å². The molecular formula is C21H26N2O2. The molecule has 25 heavy (non-hydrogen) atoms. The molecule has 0 atom stereocenters. The molecule has 0 aliphatic carbocycles. The predicted molar refractivity (Wildman–Crippen MR) is 99.7 cm³/mol. The highest BCUT2D eigenvalue weighted by atomic mass is 16.2.